The van der Waals surface area contributed by atoms with Gasteiger partial charge in [-0.3, -0.25) is 0 Å². The predicted molar refractivity (Wildman–Crippen MR) is 131 cm³/mol. The van der Waals surface area contributed by atoms with E-state index in [-0.39, 0.29) is 11.1 Å². The summed E-state index contributed by atoms with van der Waals surface area (Å²) in [7, 11) is 0. The van der Waals surface area contributed by atoms with E-state index >= 15 is 0 Å². The van der Waals surface area contributed by atoms with Crippen molar-refractivity contribution in [3.8, 4) is 22.3 Å². The third kappa shape index (κ3) is 4.30. The Labute approximate surface area is 194 Å². The first kappa shape index (κ1) is 22.8. The number of rotatable bonds is 7. The summed E-state index contributed by atoms with van der Waals surface area (Å²) in [5.74, 6) is -1.50. The number of aryl methyl sites for hydroxylation is 1. The van der Waals surface area contributed by atoms with Crippen LogP contribution in [0.5, 0.6) is 0 Å². The molecule has 4 nitrogen and oxygen atoms in total. The van der Waals surface area contributed by atoms with Gasteiger partial charge in [-0.05, 0) is 83.2 Å². The summed E-state index contributed by atoms with van der Waals surface area (Å²) >= 11 is 0. The second-order valence-electron chi connectivity index (χ2n) is 8.94. The van der Waals surface area contributed by atoms with Gasteiger partial charge in [0.1, 0.15) is 0 Å². The number of hydrogen-bond acceptors (Lipinski definition) is 2. The molecule has 0 amide bonds. The molecule has 4 heteroatoms. The molecule has 0 unspecified atom stereocenters. The summed E-state index contributed by atoms with van der Waals surface area (Å²) in [6.45, 7) is 4.16. The molecule has 0 radical (unpaired) electrons. The summed E-state index contributed by atoms with van der Waals surface area (Å²) in [6, 6.07) is 16.4. The highest BCUT2D eigenvalue weighted by molar-refractivity contribution is 6.04. The molecular formula is C29H30O4. The largest absolute Gasteiger partial charge is 0.478 e. The van der Waals surface area contributed by atoms with Crippen molar-refractivity contribution in [3.05, 3.63) is 82.4 Å². The first-order valence-electron chi connectivity index (χ1n) is 11.8. The Bertz CT molecular complexity index is 1200. The van der Waals surface area contributed by atoms with Gasteiger partial charge in [-0.15, -0.1) is 0 Å². The van der Waals surface area contributed by atoms with E-state index in [1.54, 1.807) is 24.3 Å². The molecule has 3 aromatic carbocycles. The predicted octanol–water partition coefficient (Wildman–Crippen LogP) is 7.34. The zero-order chi connectivity index (χ0) is 23.5. The minimum atomic E-state index is -0.987. The lowest BCUT2D eigenvalue weighted by Gasteiger charge is -2.26. The minimum absolute atomic E-state index is 0.228. The van der Waals surface area contributed by atoms with Crippen LogP contribution in [0.3, 0.4) is 0 Å². The lowest BCUT2D eigenvalue weighted by Crippen LogP contribution is -2.09. The fourth-order valence-electron chi connectivity index (χ4n) is 5.42. The van der Waals surface area contributed by atoms with Crippen LogP contribution in [0.15, 0.2) is 54.6 Å². The first-order valence-corrected chi connectivity index (χ1v) is 11.8. The highest BCUT2D eigenvalue weighted by Gasteiger charge is 2.28. The molecule has 0 aromatic heterocycles. The maximum atomic E-state index is 12.2. The monoisotopic (exact) mass is 442 g/mol. The van der Waals surface area contributed by atoms with Gasteiger partial charge < -0.3 is 10.2 Å². The van der Waals surface area contributed by atoms with Crippen LogP contribution in [0.1, 0.15) is 82.4 Å². The normalized spacial score (nSPS) is 13.9. The molecule has 4 rings (SSSR count). The van der Waals surface area contributed by atoms with Crippen molar-refractivity contribution < 1.29 is 19.8 Å². The zero-order valence-electron chi connectivity index (χ0n) is 19.2. The molecule has 0 aliphatic heterocycles. The van der Waals surface area contributed by atoms with Crippen LogP contribution in [-0.2, 0) is 6.42 Å². The van der Waals surface area contributed by atoms with E-state index < -0.39 is 11.9 Å². The molecule has 3 aromatic rings. The van der Waals surface area contributed by atoms with Crippen molar-refractivity contribution in [1.29, 1.82) is 0 Å². The molecule has 0 atom stereocenters. The average Bonchev–Trinajstić information content (AvgIpc) is 3.34. The first-order chi connectivity index (χ1) is 15.9. The van der Waals surface area contributed by atoms with Crippen molar-refractivity contribution in [2.75, 3.05) is 0 Å². The van der Waals surface area contributed by atoms with Crippen LogP contribution in [-0.4, -0.2) is 22.2 Å². The number of carboxylic acid groups (broad SMARTS) is 2. The Morgan fingerprint density at radius 2 is 1.36 bits per heavy atom. The summed E-state index contributed by atoms with van der Waals surface area (Å²) in [6.07, 6.45) is 6.44. The summed E-state index contributed by atoms with van der Waals surface area (Å²) in [5, 5.41) is 19.9. The Balaban J connectivity index is 2.15. The van der Waals surface area contributed by atoms with Crippen molar-refractivity contribution in [3.63, 3.8) is 0 Å². The highest BCUT2D eigenvalue weighted by Crippen LogP contribution is 2.46. The smallest absolute Gasteiger partial charge is 0.336 e. The molecule has 2 N–H and O–H groups in total. The molecule has 0 saturated heterocycles. The lowest BCUT2D eigenvalue weighted by atomic mass is 9.78. The minimum Gasteiger partial charge on any atom is -0.478 e. The van der Waals surface area contributed by atoms with Crippen molar-refractivity contribution in [2.45, 2.75) is 58.3 Å². The molecule has 1 aliphatic rings. The Morgan fingerprint density at radius 1 is 0.848 bits per heavy atom. The van der Waals surface area contributed by atoms with Gasteiger partial charge in [0.15, 0.2) is 0 Å². The quantitative estimate of drug-likeness (QED) is 0.401. The number of carbonyl (C=O) groups is 2. The van der Waals surface area contributed by atoms with Crippen LogP contribution < -0.4 is 0 Å². The Hall–Kier alpha value is -3.40. The fraction of sp³-hybridized carbons (Fsp3) is 0.310. The van der Waals surface area contributed by atoms with Gasteiger partial charge in [-0.1, -0.05) is 68.7 Å². The van der Waals surface area contributed by atoms with Crippen LogP contribution in [0.25, 0.3) is 22.3 Å². The maximum Gasteiger partial charge on any atom is 0.336 e. The van der Waals surface area contributed by atoms with Gasteiger partial charge in [0.25, 0.3) is 0 Å². The fourth-order valence-corrected chi connectivity index (χ4v) is 5.42. The van der Waals surface area contributed by atoms with E-state index in [2.05, 4.69) is 13.0 Å². The molecule has 0 heterocycles. The number of benzene rings is 3. The second-order valence-corrected chi connectivity index (χ2v) is 8.94. The van der Waals surface area contributed by atoms with Gasteiger partial charge in [0.2, 0.25) is 0 Å². The van der Waals surface area contributed by atoms with Crippen molar-refractivity contribution in [1.82, 2.24) is 0 Å². The molecule has 33 heavy (non-hydrogen) atoms. The van der Waals surface area contributed by atoms with Gasteiger partial charge >= 0.3 is 11.9 Å². The van der Waals surface area contributed by atoms with Gasteiger partial charge in [-0.25, -0.2) is 9.59 Å². The van der Waals surface area contributed by atoms with Gasteiger partial charge in [0.05, 0.1) is 11.1 Å². The second kappa shape index (κ2) is 9.62. The molecule has 1 fully saturated rings. The Morgan fingerprint density at radius 3 is 1.88 bits per heavy atom. The molecule has 0 spiro atoms. The van der Waals surface area contributed by atoms with Crippen LogP contribution in [0, 0.1) is 6.92 Å². The van der Waals surface area contributed by atoms with E-state index in [0.717, 1.165) is 42.4 Å². The maximum absolute atomic E-state index is 12.2. The molecule has 1 saturated carbocycles. The van der Waals surface area contributed by atoms with E-state index in [1.165, 1.54) is 24.0 Å². The number of hydrogen-bond donors (Lipinski definition) is 2. The SMILES string of the molecule is CCCc1c(C2CCCC2)cc(C)c(-c2ccccc2C(=O)O)c1-c1ccccc1C(=O)O. The standard InChI is InChI=1S/C29H30O4/c1-3-10-20-25(19-11-4-5-12-19)17-18(2)26(21-13-6-8-15-23(21)28(30)31)27(20)22-14-7-9-16-24(22)29(32)33/h6-9,13-17,19H,3-5,10-12H2,1-2H3,(H,30,31)(H,32,33). The lowest BCUT2D eigenvalue weighted by molar-refractivity contribution is 0.0686. The van der Waals surface area contributed by atoms with Crippen LogP contribution in [0.4, 0.5) is 0 Å². The zero-order valence-corrected chi connectivity index (χ0v) is 19.2. The molecule has 0 bridgehead atoms. The van der Waals surface area contributed by atoms with Crippen molar-refractivity contribution in [2.24, 2.45) is 0 Å². The average molecular weight is 443 g/mol. The third-order valence-corrected chi connectivity index (χ3v) is 6.82. The Kier molecular flexibility index (Phi) is 6.64. The van der Waals surface area contributed by atoms with E-state index in [4.69, 9.17) is 0 Å². The van der Waals surface area contributed by atoms with Crippen molar-refractivity contribution >= 4 is 11.9 Å². The summed E-state index contributed by atoms with van der Waals surface area (Å²) in [4.78, 5) is 24.3. The van der Waals surface area contributed by atoms with E-state index in [0.29, 0.717) is 17.0 Å². The molecular weight excluding hydrogens is 412 g/mol. The third-order valence-electron chi connectivity index (χ3n) is 6.82. The number of aromatic carboxylic acids is 2. The van der Waals surface area contributed by atoms with Gasteiger partial charge in [0, 0.05) is 0 Å². The number of carboxylic acids is 2. The van der Waals surface area contributed by atoms with Crippen LogP contribution >= 0.6 is 0 Å². The molecule has 1 aliphatic carbocycles. The van der Waals surface area contributed by atoms with E-state index in [1.807, 2.05) is 31.2 Å². The van der Waals surface area contributed by atoms with Crippen LogP contribution in [0.2, 0.25) is 0 Å². The summed E-state index contributed by atoms with van der Waals surface area (Å²) in [5.41, 5.74) is 6.92. The highest BCUT2D eigenvalue weighted by atomic mass is 16.4. The van der Waals surface area contributed by atoms with E-state index in [9.17, 15) is 19.8 Å². The topological polar surface area (TPSA) is 74.6 Å². The molecule has 170 valence electrons. The van der Waals surface area contributed by atoms with Gasteiger partial charge in [-0.2, -0.15) is 0 Å². The summed E-state index contributed by atoms with van der Waals surface area (Å²) < 4.78 is 0.